The molecule has 10 heteroatoms. The van der Waals surface area contributed by atoms with Gasteiger partial charge < -0.3 is 28.5 Å². The molecule has 1 amide bonds. The van der Waals surface area contributed by atoms with E-state index in [0.29, 0.717) is 25.2 Å². The number of rotatable bonds is 10. The monoisotopic (exact) mass is 611 g/mol. The first-order valence-corrected chi connectivity index (χ1v) is 16.1. The van der Waals surface area contributed by atoms with Crippen molar-refractivity contribution < 1.29 is 32.7 Å². The Hall–Kier alpha value is -3.24. The Bertz CT molecular complexity index is 1390. The van der Waals surface area contributed by atoms with Gasteiger partial charge in [-0.15, -0.1) is 0 Å². The number of aromatic nitrogens is 1. The Kier molecular flexibility index (Phi) is 10.7. The van der Waals surface area contributed by atoms with Crippen molar-refractivity contribution in [1.82, 2.24) is 15.0 Å². The highest BCUT2D eigenvalue weighted by Gasteiger charge is 2.35. The fraction of sp³-hybridized carbons (Fsp3) is 0.618. The van der Waals surface area contributed by atoms with Crippen molar-refractivity contribution in [2.75, 3.05) is 39.6 Å². The van der Waals surface area contributed by atoms with E-state index in [9.17, 15) is 14.0 Å². The number of fused-ring (bicyclic) bond motifs is 2. The molecule has 5 rings (SSSR count). The average molecular weight is 612 g/mol. The van der Waals surface area contributed by atoms with Crippen molar-refractivity contribution in [2.45, 2.75) is 91.1 Å². The molecule has 2 aromatic rings. The molecule has 0 bridgehead atoms. The number of piperidine rings is 2. The zero-order chi connectivity index (χ0) is 31.2. The summed E-state index contributed by atoms with van der Waals surface area (Å²) in [6, 6.07) is 4.61. The number of nitrogens with zero attached hydrogens (tertiary/aromatic N) is 3. The second-order valence-electron chi connectivity index (χ2n) is 12.6. The Morgan fingerprint density at radius 2 is 1.89 bits per heavy atom. The predicted octanol–water partition coefficient (Wildman–Crippen LogP) is 7.09. The van der Waals surface area contributed by atoms with Crippen LogP contribution in [0.3, 0.4) is 0 Å². The molecule has 44 heavy (non-hydrogen) atoms. The van der Waals surface area contributed by atoms with Gasteiger partial charge in [0.25, 0.3) is 5.91 Å². The topological polar surface area (TPSA) is 94.3 Å². The lowest BCUT2D eigenvalue weighted by Gasteiger charge is -2.39. The van der Waals surface area contributed by atoms with E-state index in [2.05, 4.69) is 23.9 Å². The molecule has 0 aliphatic carbocycles. The summed E-state index contributed by atoms with van der Waals surface area (Å²) in [5.74, 6) is 0.288. The molecule has 0 spiro atoms. The van der Waals surface area contributed by atoms with Gasteiger partial charge in [0.1, 0.15) is 11.9 Å². The number of carbonyl (C=O) groups is 2. The van der Waals surface area contributed by atoms with Gasteiger partial charge in [-0.1, -0.05) is 36.6 Å². The predicted molar refractivity (Wildman–Crippen MR) is 164 cm³/mol. The number of likely N-dealkylation sites (tertiary alicyclic amines) is 1. The van der Waals surface area contributed by atoms with E-state index in [1.165, 1.54) is 12.1 Å². The Balaban J connectivity index is 1.16. The molecular weight excluding hydrogens is 565 g/mol. The van der Waals surface area contributed by atoms with Gasteiger partial charge in [0.2, 0.25) is 0 Å². The fourth-order valence-corrected chi connectivity index (χ4v) is 6.52. The minimum absolute atomic E-state index is 0.0647. The number of halogens is 1. The van der Waals surface area contributed by atoms with Gasteiger partial charge in [0.05, 0.1) is 12.3 Å². The maximum atomic E-state index is 14.0. The summed E-state index contributed by atoms with van der Waals surface area (Å²) in [4.78, 5) is 30.4. The minimum atomic E-state index is -0.730. The number of hydrogen-bond donors (Lipinski definition) is 0. The van der Waals surface area contributed by atoms with E-state index < -0.39 is 6.16 Å². The van der Waals surface area contributed by atoms with Crippen LogP contribution < -0.4 is 0 Å². The zero-order valence-corrected chi connectivity index (χ0v) is 26.5. The molecular formula is C34H46FN3O6. The normalized spacial score (nSPS) is 21.3. The van der Waals surface area contributed by atoms with Crippen molar-refractivity contribution >= 4 is 23.0 Å². The Morgan fingerprint density at radius 1 is 1.11 bits per heavy atom. The maximum Gasteiger partial charge on any atom is 0.510 e. The fourth-order valence-electron chi connectivity index (χ4n) is 6.52. The van der Waals surface area contributed by atoms with Gasteiger partial charge in [-0.25, -0.2) is 9.18 Å². The largest absolute Gasteiger partial charge is 0.510 e. The third-order valence-electron chi connectivity index (χ3n) is 9.52. The number of hydrogen-bond acceptors (Lipinski definition) is 8. The summed E-state index contributed by atoms with van der Waals surface area (Å²) in [6.07, 6.45) is 5.73. The van der Waals surface area contributed by atoms with Crippen LogP contribution in [0.1, 0.15) is 90.7 Å². The van der Waals surface area contributed by atoms with Gasteiger partial charge in [-0.05, 0) is 89.9 Å². The molecule has 1 aromatic carbocycles. The lowest BCUT2D eigenvalue weighted by atomic mass is 9.89. The number of ether oxygens (including phenoxy) is 3. The SMILES string of the molecule is CCC(C)COC(=O)OCOC1CCCN2C(=O)C(CCN3CCC(c4noc5cc(F)ccc45)CC3)=C(C)CCC(C)=C12. The van der Waals surface area contributed by atoms with Crippen LogP contribution in [-0.4, -0.2) is 72.7 Å². The molecule has 4 heterocycles. The minimum Gasteiger partial charge on any atom is -0.434 e. The van der Waals surface area contributed by atoms with Crippen LogP contribution in [0.15, 0.2) is 45.1 Å². The molecule has 2 saturated heterocycles. The summed E-state index contributed by atoms with van der Waals surface area (Å²) < 4.78 is 35.4. The van der Waals surface area contributed by atoms with Gasteiger partial charge in [-0.2, -0.15) is 0 Å². The van der Waals surface area contributed by atoms with E-state index in [-0.39, 0.29) is 36.5 Å². The van der Waals surface area contributed by atoms with Gasteiger partial charge in [0.15, 0.2) is 12.4 Å². The standard InChI is InChI=1S/C34H46FN3O6/c1-5-22(2)20-41-34(40)43-21-42-29-7-6-15-38-32(29)24(4)9-8-23(3)27(33(38)39)14-18-37-16-12-25(13-17-37)31-28-11-10-26(35)19-30(28)44-36-31/h10-11,19,22,25,29H,5-9,12-18,20-21H2,1-4H3. The second-order valence-corrected chi connectivity index (χ2v) is 12.6. The molecule has 0 radical (unpaired) electrons. The number of carbonyl (C=O) groups excluding carboxylic acids is 2. The van der Waals surface area contributed by atoms with Crippen LogP contribution >= 0.6 is 0 Å². The van der Waals surface area contributed by atoms with E-state index in [1.807, 2.05) is 18.7 Å². The van der Waals surface area contributed by atoms with Crippen LogP contribution in [0.5, 0.6) is 0 Å². The lowest BCUT2D eigenvalue weighted by molar-refractivity contribution is -0.130. The van der Waals surface area contributed by atoms with Crippen LogP contribution in [0, 0.1) is 11.7 Å². The summed E-state index contributed by atoms with van der Waals surface area (Å²) in [5, 5.41) is 5.17. The van der Waals surface area contributed by atoms with Crippen LogP contribution in [0.4, 0.5) is 9.18 Å². The molecule has 0 saturated carbocycles. The third-order valence-corrected chi connectivity index (χ3v) is 9.52. The van der Waals surface area contributed by atoms with E-state index in [4.69, 9.17) is 18.7 Å². The van der Waals surface area contributed by atoms with Gasteiger partial charge >= 0.3 is 6.16 Å². The maximum absolute atomic E-state index is 14.0. The van der Waals surface area contributed by atoms with Crippen LogP contribution in [0.25, 0.3) is 11.0 Å². The second kappa shape index (κ2) is 14.7. The van der Waals surface area contributed by atoms with E-state index in [0.717, 1.165) is 98.1 Å². The van der Waals surface area contributed by atoms with Crippen LogP contribution in [-0.2, 0) is 19.0 Å². The summed E-state index contributed by atoms with van der Waals surface area (Å²) >= 11 is 0. The molecule has 3 aliphatic heterocycles. The summed E-state index contributed by atoms with van der Waals surface area (Å²) in [5.41, 5.74) is 5.52. The number of allylic oxidation sites excluding steroid dienone is 2. The molecule has 0 N–H and O–H groups in total. The quantitative estimate of drug-likeness (QED) is 0.208. The van der Waals surface area contributed by atoms with Gasteiger partial charge in [-0.3, -0.25) is 4.79 Å². The van der Waals surface area contributed by atoms with Crippen molar-refractivity contribution in [3.8, 4) is 0 Å². The zero-order valence-electron chi connectivity index (χ0n) is 26.5. The van der Waals surface area contributed by atoms with E-state index >= 15 is 0 Å². The Labute approximate surface area is 259 Å². The van der Waals surface area contributed by atoms with Gasteiger partial charge in [0, 0.05) is 41.7 Å². The van der Waals surface area contributed by atoms with Crippen molar-refractivity contribution in [3.63, 3.8) is 0 Å². The third kappa shape index (κ3) is 7.51. The highest BCUT2D eigenvalue weighted by atomic mass is 19.1. The first-order valence-electron chi connectivity index (χ1n) is 16.1. The highest BCUT2D eigenvalue weighted by Crippen LogP contribution is 2.36. The molecule has 1 aromatic heterocycles. The van der Waals surface area contributed by atoms with Crippen molar-refractivity contribution in [1.29, 1.82) is 0 Å². The first kappa shape index (κ1) is 32.2. The average Bonchev–Trinajstić information content (AvgIpc) is 3.45. The molecule has 2 fully saturated rings. The Morgan fingerprint density at radius 3 is 2.66 bits per heavy atom. The number of amides is 1. The molecule has 2 unspecified atom stereocenters. The smallest absolute Gasteiger partial charge is 0.434 e. The molecule has 240 valence electrons. The van der Waals surface area contributed by atoms with E-state index in [1.54, 1.807) is 6.07 Å². The lowest BCUT2D eigenvalue weighted by Crippen LogP contribution is -2.44. The van der Waals surface area contributed by atoms with Crippen LogP contribution in [0.2, 0.25) is 0 Å². The highest BCUT2D eigenvalue weighted by molar-refractivity contribution is 5.95. The molecule has 2 atom stereocenters. The van der Waals surface area contributed by atoms with Crippen molar-refractivity contribution in [3.05, 3.63) is 52.1 Å². The summed E-state index contributed by atoms with van der Waals surface area (Å²) in [6.45, 7) is 11.6. The van der Waals surface area contributed by atoms with Crippen molar-refractivity contribution in [2.24, 2.45) is 5.92 Å². The number of benzene rings is 1. The molecule has 3 aliphatic rings. The first-order chi connectivity index (χ1) is 21.2. The summed E-state index contributed by atoms with van der Waals surface area (Å²) in [7, 11) is 0. The molecule has 9 nitrogen and oxygen atoms in total.